The molecule has 0 unspecified atom stereocenters. The third-order valence-corrected chi connectivity index (χ3v) is 4.15. The first-order valence-corrected chi connectivity index (χ1v) is 8.82. The number of aryl methyl sites for hydroxylation is 1. The Kier molecular flexibility index (Phi) is 5.23. The summed E-state index contributed by atoms with van der Waals surface area (Å²) in [7, 11) is 1.91. The number of carboxylic acids is 1. The first-order chi connectivity index (χ1) is 12.9. The zero-order chi connectivity index (χ0) is 19.6. The van der Waals surface area contributed by atoms with Gasteiger partial charge < -0.3 is 15.4 Å². The molecular formula is C22H23N3O2. The molecule has 0 aliphatic rings. The molecule has 4 aromatic rings. The van der Waals surface area contributed by atoms with Gasteiger partial charge in [0, 0.05) is 12.6 Å². The van der Waals surface area contributed by atoms with Crippen LogP contribution in [0.3, 0.4) is 0 Å². The normalized spacial score (nSPS) is 10.9. The van der Waals surface area contributed by atoms with E-state index >= 15 is 0 Å². The van der Waals surface area contributed by atoms with Crippen molar-refractivity contribution in [2.24, 2.45) is 12.8 Å². The van der Waals surface area contributed by atoms with E-state index in [1.165, 1.54) is 0 Å². The van der Waals surface area contributed by atoms with Gasteiger partial charge >= 0.3 is 5.97 Å². The van der Waals surface area contributed by atoms with Gasteiger partial charge in [0.2, 0.25) is 0 Å². The maximum atomic E-state index is 11.5. The molecule has 0 amide bonds. The van der Waals surface area contributed by atoms with Gasteiger partial charge in [0.15, 0.2) is 0 Å². The minimum atomic E-state index is -0.946. The van der Waals surface area contributed by atoms with Gasteiger partial charge in [0.25, 0.3) is 0 Å². The van der Waals surface area contributed by atoms with E-state index in [9.17, 15) is 9.90 Å². The summed E-state index contributed by atoms with van der Waals surface area (Å²) < 4.78 is 1.95. The van der Waals surface area contributed by atoms with Crippen LogP contribution in [0, 0.1) is 0 Å². The van der Waals surface area contributed by atoms with Gasteiger partial charge in [-0.1, -0.05) is 56.3 Å². The Balaban J connectivity index is 0.000000481. The van der Waals surface area contributed by atoms with E-state index in [0.717, 1.165) is 21.8 Å². The maximum absolute atomic E-state index is 11.5. The van der Waals surface area contributed by atoms with Crippen molar-refractivity contribution in [3.05, 3.63) is 66.2 Å². The quantitative estimate of drug-likeness (QED) is 0.553. The molecule has 0 saturated carbocycles. The SMILES string of the molecule is CC(C)N.Cn1c(-c2ccccc2C(=O)O)nc2cc3ccccc3cc21. The van der Waals surface area contributed by atoms with E-state index in [1.807, 2.05) is 55.8 Å². The van der Waals surface area contributed by atoms with Gasteiger partial charge in [0.1, 0.15) is 5.82 Å². The zero-order valence-corrected chi connectivity index (χ0v) is 15.7. The molecule has 1 heterocycles. The minimum Gasteiger partial charge on any atom is -0.478 e. The van der Waals surface area contributed by atoms with Crippen LogP contribution >= 0.6 is 0 Å². The Hall–Kier alpha value is -3.18. The molecule has 3 aromatic carbocycles. The van der Waals surface area contributed by atoms with Crippen LogP contribution in [-0.2, 0) is 7.05 Å². The highest BCUT2D eigenvalue weighted by molar-refractivity contribution is 5.99. The third kappa shape index (κ3) is 3.83. The molecule has 138 valence electrons. The number of aromatic nitrogens is 2. The van der Waals surface area contributed by atoms with Crippen molar-refractivity contribution < 1.29 is 9.90 Å². The molecule has 0 bridgehead atoms. The molecule has 0 atom stereocenters. The molecule has 0 radical (unpaired) electrons. The van der Waals surface area contributed by atoms with Crippen LogP contribution in [0.1, 0.15) is 24.2 Å². The van der Waals surface area contributed by atoms with Crippen LogP contribution in [0.5, 0.6) is 0 Å². The fourth-order valence-corrected chi connectivity index (χ4v) is 2.98. The Morgan fingerprint density at radius 1 is 1.04 bits per heavy atom. The van der Waals surface area contributed by atoms with Crippen molar-refractivity contribution >= 4 is 27.8 Å². The van der Waals surface area contributed by atoms with Crippen LogP contribution in [0.15, 0.2) is 60.7 Å². The fraction of sp³-hybridized carbons (Fsp3) is 0.182. The number of nitrogens with two attached hydrogens (primary N) is 1. The summed E-state index contributed by atoms with van der Waals surface area (Å²) >= 11 is 0. The molecule has 4 rings (SSSR count). The van der Waals surface area contributed by atoms with Crippen molar-refractivity contribution in [1.82, 2.24) is 9.55 Å². The van der Waals surface area contributed by atoms with Crippen molar-refractivity contribution in [2.45, 2.75) is 19.9 Å². The molecule has 0 saturated heterocycles. The van der Waals surface area contributed by atoms with Crippen LogP contribution in [0.25, 0.3) is 33.2 Å². The van der Waals surface area contributed by atoms with Gasteiger partial charge in [-0.05, 0) is 35.0 Å². The predicted molar refractivity (Wildman–Crippen MR) is 110 cm³/mol. The van der Waals surface area contributed by atoms with E-state index < -0.39 is 5.97 Å². The van der Waals surface area contributed by atoms with Gasteiger partial charge in [-0.15, -0.1) is 0 Å². The first kappa shape index (κ1) is 18.6. The lowest BCUT2D eigenvalue weighted by Gasteiger charge is -2.06. The molecule has 5 nitrogen and oxygen atoms in total. The van der Waals surface area contributed by atoms with Crippen molar-refractivity contribution in [1.29, 1.82) is 0 Å². The summed E-state index contributed by atoms with van der Waals surface area (Å²) in [6, 6.07) is 19.5. The van der Waals surface area contributed by atoms with Crippen LogP contribution in [0.4, 0.5) is 0 Å². The number of carbonyl (C=O) groups is 1. The summed E-state index contributed by atoms with van der Waals surface area (Å²) in [5.41, 5.74) is 7.85. The van der Waals surface area contributed by atoms with Gasteiger partial charge in [-0.25, -0.2) is 9.78 Å². The number of imidazole rings is 1. The van der Waals surface area contributed by atoms with Crippen LogP contribution < -0.4 is 5.73 Å². The fourth-order valence-electron chi connectivity index (χ4n) is 2.98. The Labute approximate surface area is 158 Å². The first-order valence-electron chi connectivity index (χ1n) is 8.82. The number of hydrogen-bond donors (Lipinski definition) is 2. The van der Waals surface area contributed by atoms with E-state index in [4.69, 9.17) is 5.73 Å². The standard InChI is InChI=1S/C19H14N2O2.C3H9N/c1-21-17-11-13-7-3-2-6-12(13)10-16(17)20-18(21)14-8-4-5-9-15(14)19(22)23;1-3(2)4/h2-11H,1H3,(H,22,23);3H,4H2,1-2H3. The number of carboxylic acid groups (broad SMARTS) is 1. The van der Waals surface area contributed by atoms with Crippen molar-refractivity contribution in [3.63, 3.8) is 0 Å². The average Bonchev–Trinajstić information content (AvgIpc) is 2.95. The maximum Gasteiger partial charge on any atom is 0.336 e. The van der Waals surface area contributed by atoms with Crippen molar-refractivity contribution in [2.75, 3.05) is 0 Å². The van der Waals surface area contributed by atoms with Crippen LogP contribution in [0.2, 0.25) is 0 Å². The molecule has 0 spiro atoms. The predicted octanol–water partition coefficient (Wildman–Crippen LogP) is 4.45. The number of hydrogen-bond acceptors (Lipinski definition) is 3. The summed E-state index contributed by atoms with van der Waals surface area (Å²) in [6.45, 7) is 3.89. The second kappa shape index (κ2) is 7.60. The Bertz CT molecular complexity index is 1110. The lowest BCUT2D eigenvalue weighted by atomic mass is 10.1. The molecule has 0 aliphatic heterocycles. The second-order valence-electron chi connectivity index (χ2n) is 6.78. The third-order valence-electron chi connectivity index (χ3n) is 4.15. The molecule has 5 heteroatoms. The summed E-state index contributed by atoms with van der Waals surface area (Å²) in [4.78, 5) is 16.2. The highest BCUT2D eigenvalue weighted by atomic mass is 16.4. The number of fused-ring (bicyclic) bond motifs is 2. The monoisotopic (exact) mass is 361 g/mol. The summed E-state index contributed by atoms with van der Waals surface area (Å²) in [6.07, 6.45) is 0. The summed E-state index contributed by atoms with van der Waals surface area (Å²) in [5, 5.41) is 11.7. The Morgan fingerprint density at radius 2 is 1.59 bits per heavy atom. The molecular weight excluding hydrogens is 338 g/mol. The van der Waals surface area contributed by atoms with Gasteiger partial charge in [0.05, 0.1) is 16.6 Å². The zero-order valence-electron chi connectivity index (χ0n) is 15.7. The lowest BCUT2D eigenvalue weighted by Crippen LogP contribution is -2.06. The molecule has 0 fully saturated rings. The van der Waals surface area contributed by atoms with Gasteiger partial charge in [-0.2, -0.15) is 0 Å². The van der Waals surface area contributed by atoms with Gasteiger partial charge in [-0.3, -0.25) is 0 Å². The average molecular weight is 361 g/mol. The van der Waals surface area contributed by atoms with E-state index in [0.29, 0.717) is 17.4 Å². The largest absolute Gasteiger partial charge is 0.478 e. The minimum absolute atomic E-state index is 0.260. The van der Waals surface area contributed by atoms with E-state index in [2.05, 4.69) is 17.1 Å². The number of benzene rings is 3. The number of nitrogens with zero attached hydrogens (tertiary/aromatic N) is 2. The molecule has 1 aromatic heterocycles. The summed E-state index contributed by atoms with van der Waals surface area (Å²) in [5.74, 6) is -0.286. The topological polar surface area (TPSA) is 81.1 Å². The smallest absolute Gasteiger partial charge is 0.336 e. The van der Waals surface area contributed by atoms with Crippen molar-refractivity contribution in [3.8, 4) is 11.4 Å². The Morgan fingerprint density at radius 3 is 2.22 bits per heavy atom. The lowest BCUT2D eigenvalue weighted by molar-refractivity contribution is 0.0697. The van der Waals surface area contributed by atoms with Crippen LogP contribution in [-0.4, -0.2) is 26.7 Å². The van der Waals surface area contributed by atoms with E-state index in [1.54, 1.807) is 18.2 Å². The number of rotatable bonds is 2. The second-order valence-corrected chi connectivity index (χ2v) is 6.78. The molecule has 0 aliphatic carbocycles. The molecule has 3 N–H and O–H groups in total. The highest BCUT2D eigenvalue weighted by Crippen LogP contribution is 2.29. The number of aromatic carboxylic acids is 1. The molecule has 27 heavy (non-hydrogen) atoms. The van der Waals surface area contributed by atoms with E-state index in [-0.39, 0.29) is 5.56 Å². The highest BCUT2D eigenvalue weighted by Gasteiger charge is 2.17.